The number of amides is 1. The van der Waals surface area contributed by atoms with E-state index in [0.29, 0.717) is 5.91 Å². The van der Waals surface area contributed by atoms with E-state index in [9.17, 15) is 4.79 Å². The maximum Gasteiger partial charge on any atom is 0.222 e. The van der Waals surface area contributed by atoms with Crippen LogP contribution < -0.4 is 0 Å². The molecule has 0 spiro atoms. The summed E-state index contributed by atoms with van der Waals surface area (Å²) in [6, 6.07) is 0. The molecule has 0 bridgehead atoms. The Balaban J connectivity index is 1.51. The van der Waals surface area contributed by atoms with E-state index in [1.165, 1.54) is 25.7 Å². The molecule has 1 aromatic rings. The van der Waals surface area contributed by atoms with Gasteiger partial charge in [0.2, 0.25) is 5.91 Å². The van der Waals surface area contributed by atoms with Crippen LogP contribution in [0, 0.1) is 5.92 Å². The highest BCUT2D eigenvalue weighted by atomic mass is 16.2. The Morgan fingerprint density at radius 1 is 1.44 bits per heavy atom. The van der Waals surface area contributed by atoms with Crippen LogP contribution in [0.15, 0.2) is 6.33 Å². The van der Waals surface area contributed by atoms with Gasteiger partial charge in [-0.15, -0.1) is 0 Å². The molecule has 0 atom stereocenters. The van der Waals surface area contributed by atoms with E-state index >= 15 is 0 Å². The van der Waals surface area contributed by atoms with E-state index in [4.69, 9.17) is 0 Å². The molecule has 0 unspecified atom stereocenters. The molecule has 0 saturated heterocycles. The third-order valence-corrected chi connectivity index (χ3v) is 4.37. The molecule has 1 aliphatic heterocycles. The molecule has 1 aliphatic carbocycles. The molecular weight excluding hydrogens is 226 g/mol. The fraction of sp³-hybridized carbons (Fsp3) is 0.714. The lowest BCUT2D eigenvalue weighted by Crippen LogP contribution is -2.36. The molecular formula is C14H21N3O. The summed E-state index contributed by atoms with van der Waals surface area (Å²) in [5.74, 6) is 1.13. The molecule has 4 nitrogen and oxygen atoms in total. The Bertz CT molecular complexity index is 420. The van der Waals surface area contributed by atoms with Crippen molar-refractivity contribution in [2.24, 2.45) is 5.92 Å². The van der Waals surface area contributed by atoms with Crippen molar-refractivity contribution in [2.75, 3.05) is 6.54 Å². The lowest BCUT2D eigenvalue weighted by Gasteiger charge is -2.26. The number of H-pyrrole nitrogens is 1. The van der Waals surface area contributed by atoms with Gasteiger partial charge in [-0.1, -0.05) is 25.7 Å². The highest BCUT2D eigenvalue weighted by Gasteiger charge is 2.23. The molecule has 98 valence electrons. The summed E-state index contributed by atoms with van der Waals surface area (Å²) >= 11 is 0. The second-order valence-electron chi connectivity index (χ2n) is 5.58. The molecule has 4 heteroatoms. The van der Waals surface area contributed by atoms with E-state index in [-0.39, 0.29) is 0 Å². The van der Waals surface area contributed by atoms with E-state index in [0.717, 1.165) is 49.7 Å². The van der Waals surface area contributed by atoms with Crippen molar-refractivity contribution in [3.8, 4) is 0 Å². The maximum absolute atomic E-state index is 12.2. The van der Waals surface area contributed by atoms with Crippen LogP contribution in [0.4, 0.5) is 0 Å². The van der Waals surface area contributed by atoms with Gasteiger partial charge in [0.05, 0.1) is 24.3 Å². The van der Waals surface area contributed by atoms with Crippen molar-refractivity contribution in [2.45, 2.75) is 51.5 Å². The number of carbonyl (C=O) groups is 1. The van der Waals surface area contributed by atoms with Crippen molar-refractivity contribution in [3.05, 3.63) is 17.7 Å². The zero-order valence-electron chi connectivity index (χ0n) is 10.8. The first-order valence-corrected chi connectivity index (χ1v) is 7.12. The number of aromatic amines is 1. The Labute approximate surface area is 108 Å². The quantitative estimate of drug-likeness (QED) is 0.890. The minimum Gasteiger partial charge on any atom is -0.347 e. The summed E-state index contributed by atoms with van der Waals surface area (Å²) in [5.41, 5.74) is 2.25. The van der Waals surface area contributed by atoms with Crippen molar-refractivity contribution in [1.29, 1.82) is 0 Å². The van der Waals surface area contributed by atoms with Gasteiger partial charge < -0.3 is 9.88 Å². The first-order chi connectivity index (χ1) is 8.83. The van der Waals surface area contributed by atoms with E-state index in [2.05, 4.69) is 9.97 Å². The second kappa shape index (κ2) is 5.12. The Morgan fingerprint density at radius 3 is 3.11 bits per heavy atom. The molecule has 18 heavy (non-hydrogen) atoms. The average molecular weight is 247 g/mol. The lowest BCUT2D eigenvalue weighted by atomic mass is 10.0. The number of nitrogens with one attached hydrogen (secondary N) is 1. The monoisotopic (exact) mass is 247 g/mol. The Morgan fingerprint density at radius 2 is 2.28 bits per heavy atom. The molecule has 1 aromatic heterocycles. The third-order valence-electron chi connectivity index (χ3n) is 4.37. The number of aromatic nitrogens is 2. The summed E-state index contributed by atoms with van der Waals surface area (Å²) in [5, 5.41) is 0. The van der Waals surface area contributed by atoms with Gasteiger partial charge in [0.1, 0.15) is 0 Å². The highest BCUT2D eigenvalue weighted by molar-refractivity contribution is 5.76. The molecule has 2 aliphatic rings. The van der Waals surface area contributed by atoms with Crippen LogP contribution in [0.1, 0.15) is 49.9 Å². The largest absolute Gasteiger partial charge is 0.347 e. The van der Waals surface area contributed by atoms with Crippen LogP contribution in [0.3, 0.4) is 0 Å². The smallest absolute Gasteiger partial charge is 0.222 e. The standard InChI is InChI=1S/C14H21N3O/c18-14(6-5-11-3-1-2-4-11)17-8-7-12-13(9-17)16-10-15-12/h10-11H,1-9H2,(H,15,16). The van der Waals surface area contributed by atoms with Crippen LogP contribution in [-0.2, 0) is 17.8 Å². The predicted octanol–water partition coefficient (Wildman–Crippen LogP) is 2.26. The van der Waals surface area contributed by atoms with Gasteiger partial charge in [-0.2, -0.15) is 0 Å². The van der Waals surface area contributed by atoms with Gasteiger partial charge in [0.15, 0.2) is 0 Å². The van der Waals surface area contributed by atoms with Crippen molar-refractivity contribution in [1.82, 2.24) is 14.9 Å². The Hall–Kier alpha value is -1.32. The van der Waals surface area contributed by atoms with Crippen molar-refractivity contribution < 1.29 is 4.79 Å². The number of nitrogens with zero attached hydrogens (tertiary/aromatic N) is 2. The Kier molecular flexibility index (Phi) is 3.35. The highest BCUT2D eigenvalue weighted by Crippen LogP contribution is 2.29. The summed E-state index contributed by atoms with van der Waals surface area (Å²) < 4.78 is 0. The zero-order valence-corrected chi connectivity index (χ0v) is 10.8. The number of imidazole rings is 1. The molecule has 3 rings (SSSR count). The van der Waals surface area contributed by atoms with Crippen LogP contribution in [0.25, 0.3) is 0 Å². The SMILES string of the molecule is O=C(CCC1CCCC1)N1CCc2nc[nH]c2C1. The average Bonchev–Trinajstić information content (AvgIpc) is 3.05. The predicted molar refractivity (Wildman–Crippen MR) is 68.9 cm³/mol. The number of fused-ring (bicyclic) bond motifs is 1. The normalized spacial score (nSPS) is 20.1. The van der Waals surface area contributed by atoms with E-state index in [1.54, 1.807) is 6.33 Å². The number of carbonyl (C=O) groups excluding carboxylic acids is 1. The second-order valence-corrected chi connectivity index (χ2v) is 5.58. The van der Waals surface area contributed by atoms with Crippen LogP contribution in [0.5, 0.6) is 0 Å². The van der Waals surface area contributed by atoms with Gasteiger partial charge in [0.25, 0.3) is 0 Å². The maximum atomic E-state index is 12.2. The van der Waals surface area contributed by atoms with Gasteiger partial charge in [-0.05, 0) is 12.3 Å². The van der Waals surface area contributed by atoms with Gasteiger partial charge in [0, 0.05) is 19.4 Å². The minimum absolute atomic E-state index is 0.321. The zero-order chi connectivity index (χ0) is 12.4. The van der Waals surface area contributed by atoms with Gasteiger partial charge in [-0.3, -0.25) is 4.79 Å². The van der Waals surface area contributed by atoms with Crippen LogP contribution in [0.2, 0.25) is 0 Å². The van der Waals surface area contributed by atoms with Crippen molar-refractivity contribution >= 4 is 5.91 Å². The van der Waals surface area contributed by atoms with Crippen LogP contribution in [-0.4, -0.2) is 27.3 Å². The fourth-order valence-electron chi connectivity index (χ4n) is 3.21. The first kappa shape index (κ1) is 11.8. The summed E-state index contributed by atoms with van der Waals surface area (Å²) in [6.45, 7) is 1.56. The van der Waals surface area contributed by atoms with Gasteiger partial charge >= 0.3 is 0 Å². The molecule has 2 heterocycles. The summed E-state index contributed by atoms with van der Waals surface area (Å²) in [6.07, 6.45) is 9.83. The van der Waals surface area contributed by atoms with E-state index < -0.39 is 0 Å². The molecule has 0 aromatic carbocycles. The number of hydrogen-bond acceptors (Lipinski definition) is 2. The fourth-order valence-corrected chi connectivity index (χ4v) is 3.21. The third kappa shape index (κ3) is 2.42. The molecule has 1 N–H and O–H groups in total. The molecule has 1 saturated carbocycles. The molecule has 1 fully saturated rings. The van der Waals surface area contributed by atoms with Crippen LogP contribution >= 0.6 is 0 Å². The van der Waals surface area contributed by atoms with E-state index in [1.807, 2.05) is 4.90 Å². The number of hydrogen-bond donors (Lipinski definition) is 1. The summed E-state index contributed by atoms with van der Waals surface area (Å²) in [4.78, 5) is 21.6. The van der Waals surface area contributed by atoms with Gasteiger partial charge in [-0.25, -0.2) is 4.98 Å². The van der Waals surface area contributed by atoms with Crippen molar-refractivity contribution in [3.63, 3.8) is 0 Å². The number of rotatable bonds is 3. The topological polar surface area (TPSA) is 49.0 Å². The lowest BCUT2D eigenvalue weighted by molar-refractivity contribution is -0.132. The summed E-state index contributed by atoms with van der Waals surface area (Å²) in [7, 11) is 0. The molecule has 1 amide bonds. The first-order valence-electron chi connectivity index (χ1n) is 7.12. The minimum atomic E-state index is 0.321. The molecule has 0 radical (unpaired) electrons.